The molecule has 0 aliphatic rings. The van der Waals surface area contributed by atoms with Crippen molar-refractivity contribution >= 4 is 17.1 Å². The molecule has 0 spiro atoms. The third kappa shape index (κ3) is 2.94. The molecule has 2 rings (SSSR count). The standard InChI is InChI=1S/C14H14O2S/c1-2-13(15)12-5-3-4-6-14(12)16-9-11-7-8-17-10-11/h3-8,10H,2,9H2,1H3. The lowest BCUT2D eigenvalue weighted by molar-refractivity contribution is 0.0983. The minimum absolute atomic E-state index is 0.117. The van der Waals surface area contributed by atoms with Crippen LogP contribution in [0.4, 0.5) is 0 Å². The number of para-hydroxylation sites is 1. The highest BCUT2D eigenvalue weighted by molar-refractivity contribution is 7.07. The molecule has 88 valence electrons. The van der Waals surface area contributed by atoms with E-state index >= 15 is 0 Å². The number of ketones is 1. The van der Waals surface area contributed by atoms with Crippen molar-refractivity contribution in [3.8, 4) is 5.75 Å². The Morgan fingerprint density at radius 3 is 2.82 bits per heavy atom. The quantitative estimate of drug-likeness (QED) is 0.747. The lowest BCUT2D eigenvalue weighted by Crippen LogP contribution is -2.02. The molecule has 1 aromatic heterocycles. The van der Waals surface area contributed by atoms with Gasteiger partial charge in [-0.15, -0.1) is 0 Å². The molecule has 0 atom stereocenters. The molecule has 0 saturated carbocycles. The van der Waals surface area contributed by atoms with Crippen molar-refractivity contribution in [2.45, 2.75) is 20.0 Å². The maximum absolute atomic E-state index is 11.7. The topological polar surface area (TPSA) is 26.3 Å². The Morgan fingerprint density at radius 1 is 1.29 bits per heavy atom. The number of Topliss-reactive ketones (excluding diaryl/α,β-unsaturated/α-hetero) is 1. The van der Waals surface area contributed by atoms with Crippen LogP contribution in [-0.2, 0) is 6.61 Å². The molecule has 0 saturated heterocycles. The highest BCUT2D eigenvalue weighted by atomic mass is 32.1. The van der Waals surface area contributed by atoms with Gasteiger partial charge in [0.25, 0.3) is 0 Å². The summed E-state index contributed by atoms with van der Waals surface area (Å²) in [5.41, 5.74) is 1.80. The van der Waals surface area contributed by atoms with Gasteiger partial charge in [0, 0.05) is 6.42 Å². The van der Waals surface area contributed by atoms with Gasteiger partial charge in [0.05, 0.1) is 5.56 Å². The van der Waals surface area contributed by atoms with Crippen molar-refractivity contribution in [1.82, 2.24) is 0 Å². The molecule has 17 heavy (non-hydrogen) atoms. The average Bonchev–Trinajstić information content (AvgIpc) is 2.89. The molecule has 1 aromatic carbocycles. The van der Waals surface area contributed by atoms with E-state index in [4.69, 9.17) is 4.74 Å². The number of rotatable bonds is 5. The number of ether oxygens (including phenoxy) is 1. The molecule has 2 aromatic rings. The second-order valence-corrected chi connectivity index (χ2v) is 4.47. The van der Waals surface area contributed by atoms with Crippen molar-refractivity contribution in [3.05, 3.63) is 52.2 Å². The van der Waals surface area contributed by atoms with E-state index in [2.05, 4.69) is 0 Å². The molecule has 1 heterocycles. The van der Waals surface area contributed by atoms with Crippen molar-refractivity contribution in [2.75, 3.05) is 0 Å². The van der Waals surface area contributed by atoms with Crippen LogP contribution in [0.1, 0.15) is 29.3 Å². The Bertz CT molecular complexity index is 489. The Kier molecular flexibility index (Phi) is 3.94. The minimum Gasteiger partial charge on any atom is -0.488 e. The van der Waals surface area contributed by atoms with Crippen LogP contribution in [-0.4, -0.2) is 5.78 Å². The molecule has 0 fully saturated rings. The molecule has 3 heteroatoms. The van der Waals surface area contributed by atoms with Gasteiger partial charge < -0.3 is 4.74 Å². The van der Waals surface area contributed by atoms with Crippen LogP contribution in [0.15, 0.2) is 41.1 Å². The summed E-state index contributed by atoms with van der Waals surface area (Å²) in [6.45, 7) is 2.37. The SMILES string of the molecule is CCC(=O)c1ccccc1OCc1ccsc1. The van der Waals surface area contributed by atoms with E-state index in [1.807, 2.05) is 48.0 Å². The van der Waals surface area contributed by atoms with Crippen molar-refractivity contribution < 1.29 is 9.53 Å². The molecule has 0 aliphatic heterocycles. The first-order valence-corrected chi connectivity index (χ1v) is 6.51. The Labute approximate surface area is 105 Å². The Morgan fingerprint density at radius 2 is 2.12 bits per heavy atom. The maximum Gasteiger partial charge on any atom is 0.166 e. The van der Waals surface area contributed by atoms with Gasteiger partial charge in [-0.3, -0.25) is 4.79 Å². The van der Waals surface area contributed by atoms with Crippen LogP contribution < -0.4 is 4.74 Å². The Balaban J connectivity index is 2.12. The van der Waals surface area contributed by atoms with Gasteiger partial charge in [0.1, 0.15) is 12.4 Å². The maximum atomic E-state index is 11.7. The summed E-state index contributed by atoms with van der Waals surface area (Å²) in [4.78, 5) is 11.7. The molecule has 0 amide bonds. The third-order valence-electron chi connectivity index (χ3n) is 2.48. The molecule has 0 bridgehead atoms. The summed E-state index contributed by atoms with van der Waals surface area (Å²) >= 11 is 1.64. The smallest absolute Gasteiger partial charge is 0.166 e. The van der Waals surface area contributed by atoms with E-state index in [0.717, 1.165) is 5.56 Å². The van der Waals surface area contributed by atoms with Gasteiger partial charge in [-0.2, -0.15) is 11.3 Å². The van der Waals surface area contributed by atoms with Gasteiger partial charge in [-0.1, -0.05) is 19.1 Å². The summed E-state index contributed by atoms with van der Waals surface area (Å²) < 4.78 is 5.69. The number of thiophene rings is 1. The molecule has 0 N–H and O–H groups in total. The van der Waals surface area contributed by atoms with Crippen LogP contribution in [0.25, 0.3) is 0 Å². The Hall–Kier alpha value is -1.61. The fraction of sp³-hybridized carbons (Fsp3) is 0.214. The second-order valence-electron chi connectivity index (χ2n) is 3.69. The van der Waals surface area contributed by atoms with Crippen molar-refractivity contribution in [2.24, 2.45) is 0 Å². The summed E-state index contributed by atoms with van der Waals surface area (Å²) in [6.07, 6.45) is 0.499. The molecular formula is C14H14O2S. The molecule has 0 radical (unpaired) electrons. The normalized spacial score (nSPS) is 10.2. The largest absolute Gasteiger partial charge is 0.488 e. The van der Waals surface area contributed by atoms with E-state index in [9.17, 15) is 4.79 Å². The zero-order valence-electron chi connectivity index (χ0n) is 9.68. The number of benzene rings is 1. The van der Waals surface area contributed by atoms with Gasteiger partial charge >= 0.3 is 0 Å². The first-order valence-electron chi connectivity index (χ1n) is 5.57. The van der Waals surface area contributed by atoms with E-state index in [0.29, 0.717) is 24.3 Å². The van der Waals surface area contributed by atoms with Crippen molar-refractivity contribution in [3.63, 3.8) is 0 Å². The first kappa shape index (κ1) is 11.9. The fourth-order valence-electron chi connectivity index (χ4n) is 1.55. The van der Waals surface area contributed by atoms with Crippen molar-refractivity contribution in [1.29, 1.82) is 0 Å². The predicted molar refractivity (Wildman–Crippen MR) is 69.7 cm³/mol. The zero-order valence-corrected chi connectivity index (χ0v) is 10.5. The highest BCUT2D eigenvalue weighted by Gasteiger charge is 2.09. The van der Waals surface area contributed by atoms with Gasteiger partial charge in [0.2, 0.25) is 0 Å². The number of carbonyl (C=O) groups excluding carboxylic acids is 1. The summed E-state index contributed by atoms with van der Waals surface area (Å²) in [6, 6.07) is 9.43. The number of hydrogen-bond donors (Lipinski definition) is 0. The average molecular weight is 246 g/mol. The predicted octanol–water partition coefficient (Wildman–Crippen LogP) is 3.92. The van der Waals surface area contributed by atoms with E-state index in [1.54, 1.807) is 11.3 Å². The molecular weight excluding hydrogens is 232 g/mol. The van der Waals surface area contributed by atoms with Crippen LogP contribution in [0.2, 0.25) is 0 Å². The summed E-state index contributed by atoms with van der Waals surface area (Å²) in [5.74, 6) is 0.788. The summed E-state index contributed by atoms with van der Waals surface area (Å²) in [5, 5.41) is 4.06. The zero-order chi connectivity index (χ0) is 12.1. The number of carbonyl (C=O) groups is 1. The second kappa shape index (κ2) is 5.64. The first-order chi connectivity index (χ1) is 8.31. The monoisotopic (exact) mass is 246 g/mol. The van der Waals surface area contributed by atoms with E-state index in [-0.39, 0.29) is 5.78 Å². The van der Waals surface area contributed by atoms with E-state index < -0.39 is 0 Å². The molecule has 0 unspecified atom stereocenters. The van der Waals surface area contributed by atoms with E-state index in [1.165, 1.54) is 0 Å². The van der Waals surface area contributed by atoms with Crippen LogP contribution in [0, 0.1) is 0 Å². The molecule has 0 aliphatic carbocycles. The lowest BCUT2D eigenvalue weighted by atomic mass is 10.1. The lowest BCUT2D eigenvalue weighted by Gasteiger charge is -2.09. The van der Waals surface area contributed by atoms with Crippen LogP contribution >= 0.6 is 11.3 Å². The minimum atomic E-state index is 0.117. The third-order valence-corrected chi connectivity index (χ3v) is 3.22. The van der Waals surface area contributed by atoms with Crippen LogP contribution in [0.3, 0.4) is 0 Å². The highest BCUT2D eigenvalue weighted by Crippen LogP contribution is 2.21. The number of hydrogen-bond acceptors (Lipinski definition) is 3. The molecule has 2 nitrogen and oxygen atoms in total. The fourth-order valence-corrected chi connectivity index (χ4v) is 2.20. The van der Waals surface area contributed by atoms with Gasteiger partial charge in [-0.05, 0) is 34.5 Å². The van der Waals surface area contributed by atoms with Gasteiger partial charge in [-0.25, -0.2) is 0 Å². The summed E-state index contributed by atoms with van der Waals surface area (Å²) in [7, 11) is 0. The van der Waals surface area contributed by atoms with Gasteiger partial charge in [0.15, 0.2) is 5.78 Å². The van der Waals surface area contributed by atoms with Crippen LogP contribution in [0.5, 0.6) is 5.75 Å².